The largest absolute Gasteiger partial charge is 0.377 e. The predicted octanol–water partition coefficient (Wildman–Crippen LogP) is 1.44. The molecule has 4 nitrogen and oxygen atoms in total. The lowest BCUT2D eigenvalue weighted by atomic mass is 10.1. The summed E-state index contributed by atoms with van der Waals surface area (Å²) in [6.07, 6.45) is 2.61. The van der Waals surface area contributed by atoms with Crippen molar-refractivity contribution in [2.75, 3.05) is 24.8 Å². The third kappa shape index (κ3) is 2.95. The topological polar surface area (TPSA) is 46.6 Å². The molecule has 0 N–H and O–H groups in total. The Hall–Kier alpha value is 0.160. The molecule has 17 heavy (non-hydrogen) atoms. The van der Waals surface area contributed by atoms with Crippen molar-refractivity contribution >= 4 is 21.6 Å². The molecule has 0 aromatic rings. The minimum Gasteiger partial charge on any atom is -0.377 e. The van der Waals surface area contributed by atoms with Crippen molar-refractivity contribution in [1.82, 2.24) is 4.31 Å². The monoisotopic (exact) mass is 281 g/mol. The Morgan fingerprint density at radius 3 is 2.76 bits per heavy atom. The Balaban J connectivity index is 2.04. The van der Waals surface area contributed by atoms with E-state index in [4.69, 9.17) is 16.3 Å². The van der Waals surface area contributed by atoms with E-state index in [2.05, 4.69) is 6.92 Å². The Morgan fingerprint density at radius 2 is 2.18 bits per heavy atom. The molecule has 2 fully saturated rings. The fourth-order valence-electron chi connectivity index (χ4n) is 2.65. The molecule has 3 unspecified atom stereocenters. The molecule has 0 amide bonds. The van der Waals surface area contributed by atoms with E-state index >= 15 is 0 Å². The molecule has 2 aliphatic heterocycles. The van der Waals surface area contributed by atoms with Crippen molar-refractivity contribution in [1.29, 1.82) is 0 Å². The highest BCUT2D eigenvalue weighted by molar-refractivity contribution is 7.89. The number of nitrogens with zero attached hydrogens (tertiary/aromatic N) is 1. The van der Waals surface area contributed by atoms with E-state index in [9.17, 15) is 8.42 Å². The highest BCUT2D eigenvalue weighted by atomic mass is 35.5. The number of hydrogen-bond donors (Lipinski definition) is 0. The zero-order valence-corrected chi connectivity index (χ0v) is 11.7. The molecule has 2 rings (SSSR count). The summed E-state index contributed by atoms with van der Waals surface area (Å²) in [5.41, 5.74) is 0. The van der Waals surface area contributed by atoms with E-state index in [-0.39, 0.29) is 17.9 Å². The maximum Gasteiger partial charge on any atom is 0.216 e. The van der Waals surface area contributed by atoms with Gasteiger partial charge in [-0.05, 0) is 25.2 Å². The highest BCUT2D eigenvalue weighted by Crippen LogP contribution is 2.29. The number of halogens is 1. The fourth-order valence-corrected chi connectivity index (χ4v) is 5.21. The molecule has 2 saturated heterocycles. The van der Waals surface area contributed by atoms with Gasteiger partial charge in [-0.2, -0.15) is 4.31 Å². The van der Waals surface area contributed by atoms with Gasteiger partial charge in [0.15, 0.2) is 0 Å². The summed E-state index contributed by atoms with van der Waals surface area (Å²) in [7, 11) is -3.21. The van der Waals surface area contributed by atoms with Gasteiger partial charge in [-0.3, -0.25) is 0 Å². The van der Waals surface area contributed by atoms with Gasteiger partial charge in [0.25, 0.3) is 0 Å². The average molecular weight is 282 g/mol. The lowest BCUT2D eigenvalue weighted by Crippen LogP contribution is -2.42. The highest BCUT2D eigenvalue weighted by Gasteiger charge is 2.39. The molecule has 0 bridgehead atoms. The molecule has 6 heteroatoms. The zero-order valence-electron chi connectivity index (χ0n) is 10.1. The summed E-state index contributed by atoms with van der Waals surface area (Å²) in [4.78, 5) is 0. The fraction of sp³-hybridized carbons (Fsp3) is 1.00. The van der Waals surface area contributed by atoms with Crippen LogP contribution in [0.25, 0.3) is 0 Å². The molecule has 0 aliphatic carbocycles. The standard InChI is InChI=1S/C11H20ClNO3S/c1-9-4-5-13(11(9)7-12)17(14,15)8-10-3-2-6-16-10/h9-11H,2-8H2,1H3. The van der Waals surface area contributed by atoms with E-state index < -0.39 is 10.0 Å². The second-order valence-corrected chi connectivity index (χ2v) is 7.29. The minimum atomic E-state index is -3.21. The van der Waals surface area contributed by atoms with Crippen molar-refractivity contribution in [2.24, 2.45) is 5.92 Å². The first-order valence-corrected chi connectivity index (χ1v) is 8.36. The summed E-state index contributed by atoms with van der Waals surface area (Å²) >= 11 is 5.88. The number of alkyl halides is 1. The van der Waals surface area contributed by atoms with Gasteiger partial charge in [-0.25, -0.2) is 8.42 Å². The average Bonchev–Trinajstić information content (AvgIpc) is 2.86. The maximum absolute atomic E-state index is 12.3. The van der Waals surface area contributed by atoms with E-state index in [1.807, 2.05) is 0 Å². The van der Waals surface area contributed by atoms with E-state index in [1.165, 1.54) is 0 Å². The Bertz CT molecular complexity index is 354. The molecule has 0 radical (unpaired) electrons. The van der Waals surface area contributed by atoms with Crippen LogP contribution in [-0.2, 0) is 14.8 Å². The third-order valence-electron chi connectivity index (χ3n) is 3.77. The molecular formula is C11H20ClNO3S. The number of rotatable bonds is 4. The summed E-state index contributed by atoms with van der Waals surface area (Å²) in [6, 6.07) is -0.0388. The van der Waals surface area contributed by atoms with Crippen LogP contribution in [0.1, 0.15) is 26.2 Å². The molecule has 3 atom stereocenters. The van der Waals surface area contributed by atoms with Crippen molar-refractivity contribution < 1.29 is 13.2 Å². The Labute approximate surface area is 108 Å². The molecular weight excluding hydrogens is 262 g/mol. The smallest absolute Gasteiger partial charge is 0.216 e. The Kier molecular flexibility index (Phi) is 4.34. The Morgan fingerprint density at radius 1 is 1.41 bits per heavy atom. The first-order chi connectivity index (χ1) is 8.04. The van der Waals surface area contributed by atoms with E-state index in [0.717, 1.165) is 19.3 Å². The quantitative estimate of drug-likeness (QED) is 0.733. The number of hydrogen-bond acceptors (Lipinski definition) is 3. The van der Waals surface area contributed by atoms with Crippen molar-refractivity contribution in [3.8, 4) is 0 Å². The molecule has 100 valence electrons. The lowest BCUT2D eigenvalue weighted by molar-refractivity contribution is 0.126. The molecule has 0 spiro atoms. The summed E-state index contributed by atoms with van der Waals surface area (Å²) in [5.74, 6) is 0.853. The van der Waals surface area contributed by atoms with Crippen LogP contribution in [0.2, 0.25) is 0 Å². The molecule has 2 aliphatic rings. The van der Waals surface area contributed by atoms with Crippen molar-refractivity contribution in [3.05, 3.63) is 0 Å². The number of ether oxygens (including phenoxy) is 1. The van der Waals surface area contributed by atoms with Crippen molar-refractivity contribution in [3.63, 3.8) is 0 Å². The SMILES string of the molecule is CC1CCN(S(=O)(=O)CC2CCCO2)C1CCl. The first kappa shape index (κ1) is 13.6. The van der Waals surface area contributed by atoms with Crippen LogP contribution in [0.3, 0.4) is 0 Å². The van der Waals surface area contributed by atoms with Gasteiger partial charge in [0.1, 0.15) is 0 Å². The van der Waals surface area contributed by atoms with Gasteiger partial charge >= 0.3 is 0 Å². The van der Waals surface area contributed by atoms with Crippen LogP contribution in [0.4, 0.5) is 0 Å². The summed E-state index contributed by atoms with van der Waals surface area (Å²) in [5, 5.41) is 0. The van der Waals surface area contributed by atoms with Crippen LogP contribution in [-0.4, -0.2) is 49.7 Å². The summed E-state index contributed by atoms with van der Waals surface area (Å²) in [6.45, 7) is 3.36. The van der Waals surface area contributed by atoms with E-state index in [0.29, 0.717) is 24.9 Å². The second kappa shape index (κ2) is 5.43. The van der Waals surface area contributed by atoms with Gasteiger partial charge < -0.3 is 4.74 Å². The molecule has 2 heterocycles. The van der Waals surface area contributed by atoms with E-state index in [1.54, 1.807) is 4.31 Å². The normalized spacial score (nSPS) is 35.5. The van der Waals surface area contributed by atoms with Crippen LogP contribution < -0.4 is 0 Å². The summed E-state index contributed by atoms with van der Waals surface area (Å²) < 4.78 is 31.6. The van der Waals surface area contributed by atoms with Crippen LogP contribution in [0.15, 0.2) is 0 Å². The molecule has 0 aromatic carbocycles. The van der Waals surface area contributed by atoms with Crippen molar-refractivity contribution in [2.45, 2.75) is 38.3 Å². The molecule has 0 aromatic heterocycles. The maximum atomic E-state index is 12.3. The van der Waals surface area contributed by atoms with Gasteiger partial charge in [0, 0.05) is 25.1 Å². The first-order valence-electron chi connectivity index (χ1n) is 6.21. The predicted molar refractivity (Wildman–Crippen MR) is 67.8 cm³/mol. The van der Waals surface area contributed by atoms with Gasteiger partial charge in [0.05, 0.1) is 11.9 Å². The van der Waals surface area contributed by atoms with Gasteiger partial charge in [-0.15, -0.1) is 11.6 Å². The minimum absolute atomic E-state index is 0.0388. The second-order valence-electron chi connectivity index (χ2n) is 5.01. The number of sulfonamides is 1. The van der Waals surface area contributed by atoms with Crippen LogP contribution >= 0.6 is 11.6 Å². The van der Waals surface area contributed by atoms with Crippen LogP contribution in [0.5, 0.6) is 0 Å². The third-order valence-corrected chi connectivity index (χ3v) is 6.04. The van der Waals surface area contributed by atoms with Gasteiger partial charge in [-0.1, -0.05) is 6.92 Å². The van der Waals surface area contributed by atoms with Crippen LogP contribution in [0, 0.1) is 5.92 Å². The zero-order chi connectivity index (χ0) is 12.5. The van der Waals surface area contributed by atoms with Gasteiger partial charge in [0.2, 0.25) is 10.0 Å². The lowest BCUT2D eigenvalue weighted by Gasteiger charge is -2.25. The molecule has 0 saturated carbocycles.